The lowest BCUT2D eigenvalue weighted by molar-refractivity contribution is 0.0600. The van der Waals surface area contributed by atoms with E-state index >= 15 is 0 Å². The molecule has 1 unspecified atom stereocenters. The highest BCUT2D eigenvalue weighted by Gasteiger charge is 2.24. The molecule has 1 atom stereocenters. The topological polar surface area (TPSA) is 64.8 Å². The van der Waals surface area contributed by atoms with E-state index in [1.807, 2.05) is 12.1 Å². The summed E-state index contributed by atoms with van der Waals surface area (Å²) >= 11 is 0. The van der Waals surface area contributed by atoms with Gasteiger partial charge in [-0.05, 0) is 24.1 Å². The van der Waals surface area contributed by atoms with Crippen LogP contribution in [0.1, 0.15) is 34.3 Å². The number of oxazole rings is 1. The van der Waals surface area contributed by atoms with Gasteiger partial charge in [0, 0.05) is 12.0 Å². The van der Waals surface area contributed by atoms with Gasteiger partial charge in [-0.3, -0.25) is 0 Å². The minimum Gasteiger partial charge on any atom is -0.491 e. The van der Waals surface area contributed by atoms with Gasteiger partial charge in [-0.15, -0.1) is 0 Å². The zero-order valence-electron chi connectivity index (χ0n) is 14.3. The zero-order valence-corrected chi connectivity index (χ0v) is 14.3. The maximum Gasteiger partial charge on any atom is 0.337 e. The van der Waals surface area contributed by atoms with Gasteiger partial charge in [0.1, 0.15) is 23.8 Å². The quantitative estimate of drug-likeness (QED) is 0.783. The number of ether oxygens (including phenoxy) is 2. The normalized spacial score (nSPS) is 18.8. The van der Waals surface area contributed by atoms with E-state index in [0.717, 1.165) is 23.4 Å². The number of carbonyl (C=O) groups is 1. The van der Waals surface area contributed by atoms with Crippen LogP contribution in [0.15, 0.2) is 28.7 Å². The predicted octanol–water partition coefficient (Wildman–Crippen LogP) is 3.07. The summed E-state index contributed by atoms with van der Waals surface area (Å²) in [4.78, 5) is 18.4. The number of benzene rings is 1. The summed E-state index contributed by atoms with van der Waals surface area (Å²) in [7, 11) is 1.37. The summed E-state index contributed by atoms with van der Waals surface area (Å²) in [6.07, 6.45) is 5.06. The molecular formula is C19H20N2O4. The van der Waals surface area contributed by atoms with Crippen LogP contribution >= 0.6 is 0 Å². The molecule has 1 aliphatic heterocycles. The zero-order chi connectivity index (χ0) is 17.4. The third-order valence-corrected chi connectivity index (χ3v) is 4.55. The van der Waals surface area contributed by atoms with Crippen molar-refractivity contribution in [2.75, 3.05) is 25.2 Å². The smallest absolute Gasteiger partial charge is 0.337 e. The lowest BCUT2D eigenvalue weighted by atomic mass is 9.99. The summed E-state index contributed by atoms with van der Waals surface area (Å²) in [5, 5.41) is 0. The van der Waals surface area contributed by atoms with Crippen LogP contribution in [-0.4, -0.2) is 31.2 Å². The number of anilines is 1. The number of methoxy groups -OCH3 is 1. The Bertz CT molecular complexity index is 840. The van der Waals surface area contributed by atoms with Crippen molar-refractivity contribution in [2.45, 2.75) is 19.9 Å². The number of nitrogens with zero attached hydrogens (tertiary/aromatic N) is 2. The van der Waals surface area contributed by atoms with E-state index in [1.165, 1.54) is 7.11 Å². The van der Waals surface area contributed by atoms with Gasteiger partial charge >= 0.3 is 5.97 Å². The number of hydrogen-bond acceptors (Lipinski definition) is 6. The number of allylic oxidation sites excluding steroid dienone is 1. The second kappa shape index (κ2) is 6.27. The van der Waals surface area contributed by atoms with Crippen molar-refractivity contribution < 1.29 is 18.7 Å². The van der Waals surface area contributed by atoms with Crippen molar-refractivity contribution in [3.05, 3.63) is 46.9 Å². The van der Waals surface area contributed by atoms with E-state index in [0.29, 0.717) is 42.9 Å². The first-order valence-electron chi connectivity index (χ1n) is 8.41. The molecule has 130 valence electrons. The first-order chi connectivity index (χ1) is 12.1. The fraction of sp³-hybridized carbons (Fsp3) is 0.368. The van der Waals surface area contributed by atoms with Gasteiger partial charge in [-0.25, -0.2) is 4.79 Å². The lowest BCUT2D eigenvalue weighted by Crippen LogP contribution is -2.25. The third kappa shape index (κ3) is 2.99. The molecule has 0 radical (unpaired) electrons. The van der Waals surface area contributed by atoms with Gasteiger partial charge < -0.3 is 18.8 Å². The first kappa shape index (κ1) is 15.7. The van der Waals surface area contributed by atoms with E-state index in [-0.39, 0.29) is 5.97 Å². The average Bonchev–Trinajstić information content (AvgIpc) is 2.91. The summed E-state index contributed by atoms with van der Waals surface area (Å²) < 4.78 is 16.6. The van der Waals surface area contributed by atoms with Gasteiger partial charge in [-0.2, -0.15) is 4.98 Å². The van der Waals surface area contributed by atoms with Crippen molar-refractivity contribution in [3.63, 3.8) is 0 Å². The Balaban J connectivity index is 1.60. The highest BCUT2D eigenvalue weighted by molar-refractivity contribution is 5.90. The first-order valence-corrected chi connectivity index (χ1v) is 8.41. The van der Waals surface area contributed by atoms with Crippen LogP contribution in [0.2, 0.25) is 0 Å². The van der Waals surface area contributed by atoms with Crippen LogP contribution in [0.5, 0.6) is 5.75 Å². The van der Waals surface area contributed by atoms with Gasteiger partial charge in [0.05, 0.1) is 25.8 Å². The molecule has 6 heteroatoms. The molecule has 0 N–H and O–H groups in total. The Kier molecular flexibility index (Phi) is 3.95. The standard InChI is InChI=1S/C19H20N2O4/c1-12-3-6-15-17(9-12)25-19(20-15)21-7-8-24-16-10-13(18(22)23-2)4-5-14(16)11-21/h3-6,10,12H,7-9,11H2,1-2H3. The highest BCUT2D eigenvalue weighted by Crippen LogP contribution is 2.31. The van der Waals surface area contributed by atoms with Crippen molar-refractivity contribution >= 4 is 18.1 Å². The summed E-state index contributed by atoms with van der Waals surface area (Å²) in [6, 6.07) is 6.00. The second-order valence-corrected chi connectivity index (χ2v) is 6.43. The Labute approximate surface area is 146 Å². The molecule has 2 aromatic rings. The number of esters is 1. The summed E-state index contributed by atoms with van der Waals surface area (Å²) in [5.41, 5.74) is 2.39. The largest absolute Gasteiger partial charge is 0.491 e. The fourth-order valence-electron chi connectivity index (χ4n) is 3.16. The van der Waals surface area contributed by atoms with Crippen LogP contribution < -0.4 is 9.64 Å². The van der Waals surface area contributed by atoms with Crippen LogP contribution in [0.4, 0.5) is 6.01 Å². The van der Waals surface area contributed by atoms with Crippen molar-refractivity contribution in [1.29, 1.82) is 0 Å². The van der Waals surface area contributed by atoms with Crippen LogP contribution in [0.3, 0.4) is 0 Å². The molecule has 1 aromatic heterocycles. The van der Waals surface area contributed by atoms with Gasteiger partial charge in [-0.1, -0.05) is 19.1 Å². The van der Waals surface area contributed by atoms with Crippen LogP contribution in [0.25, 0.3) is 6.08 Å². The summed E-state index contributed by atoms with van der Waals surface area (Å²) in [6.45, 7) is 3.95. The Hall–Kier alpha value is -2.76. The Morgan fingerprint density at radius 3 is 3.12 bits per heavy atom. The number of hydrogen-bond donors (Lipinski definition) is 0. The predicted molar refractivity (Wildman–Crippen MR) is 92.7 cm³/mol. The summed E-state index contributed by atoms with van der Waals surface area (Å²) in [5.74, 6) is 1.75. The van der Waals surface area contributed by atoms with E-state index in [9.17, 15) is 4.79 Å². The van der Waals surface area contributed by atoms with E-state index in [4.69, 9.17) is 13.9 Å². The van der Waals surface area contributed by atoms with E-state index < -0.39 is 0 Å². The number of rotatable bonds is 2. The molecule has 2 aliphatic rings. The molecule has 4 rings (SSSR count). The molecule has 25 heavy (non-hydrogen) atoms. The van der Waals surface area contributed by atoms with E-state index in [1.54, 1.807) is 12.1 Å². The number of carbonyl (C=O) groups excluding carboxylic acids is 1. The molecule has 6 nitrogen and oxygen atoms in total. The Morgan fingerprint density at radius 2 is 2.28 bits per heavy atom. The van der Waals surface area contributed by atoms with Gasteiger partial charge in [0.25, 0.3) is 6.01 Å². The molecular weight excluding hydrogens is 320 g/mol. The maximum atomic E-state index is 11.7. The average molecular weight is 340 g/mol. The molecule has 1 aromatic carbocycles. The SMILES string of the molecule is COC(=O)c1ccc2c(c1)OCCN(c1nc3c(o1)CC(C)C=C3)C2. The van der Waals surface area contributed by atoms with E-state index in [2.05, 4.69) is 22.9 Å². The monoisotopic (exact) mass is 340 g/mol. The Morgan fingerprint density at radius 1 is 1.40 bits per heavy atom. The minimum atomic E-state index is -0.367. The van der Waals surface area contributed by atoms with Crippen molar-refractivity contribution in [1.82, 2.24) is 4.98 Å². The molecule has 0 bridgehead atoms. The van der Waals surface area contributed by atoms with Gasteiger partial charge in [0.15, 0.2) is 0 Å². The minimum absolute atomic E-state index is 0.367. The van der Waals surface area contributed by atoms with Crippen molar-refractivity contribution in [2.24, 2.45) is 5.92 Å². The third-order valence-electron chi connectivity index (χ3n) is 4.55. The molecule has 0 spiro atoms. The molecule has 0 saturated carbocycles. The van der Waals surface area contributed by atoms with Crippen LogP contribution in [0, 0.1) is 5.92 Å². The molecule has 0 amide bonds. The van der Waals surface area contributed by atoms with Crippen molar-refractivity contribution in [3.8, 4) is 5.75 Å². The fourth-order valence-corrected chi connectivity index (χ4v) is 3.16. The molecule has 2 heterocycles. The maximum absolute atomic E-state index is 11.7. The molecule has 0 fully saturated rings. The number of fused-ring (bicyclic) bond motifs is 2. The lowest BCUT2D eigenvalue weighted by Gasteiger charge is -2.17. The number of aromatic nitrogens is 1. The highest BCUT2D eigenvalue weighted by atomic mass is 16.5. The second-order valence-electron chi connectivity index (χ2n) is 6.43. The van der Waals surface area contributed by atoms with Crippen LogP contribution in [-0.2, 0) is 17.7 Å². The molecule has 1 aliphatic carbocycles. The van der Waals surface area contributed by atoms with Gasteiger partial charge in [0.2, 0.25) is 0 Å². The molecule has 0 saturated heterocycles.